The van der Waals surface area contributed by atoms with Gasteiger partial charge >= 0.3 is 0 Å². The molecule has 2 N–H and O–H groups in total. The van der Waals surface area contributed by atoms with Crippen molar-refractivity contribution in [2.24, 2.45) is 23.5 Å². The van der Waals surface area contributed by atoms with Gasteiger partial charge in [0.25, 0.3) is 0 Å². The van der Waals surface area contributed by atoms with Gasteiger partial charge in [-0.05, 0) is 73.6 Å². The molecule has 0 aliphatic heterocycles. The van der Waals surface area contributed by atoms with Crippen LogP contribution in [0.5, 0.6) is 0 Å². The van der Waals surface area contributed by atoms with Gasteiger partial charge in [-0.1, -0.05) is 29.8 Å². The zero-order valence-corrected chi connectivity index (χ0v) is 14.0. The molecule has 0 spiro atoms. The van der Waals surface area contributed by atoms with Gasteiger partial charge in [-0.15, -0.1) is 0 Å². The van der Waals surface area contributed by atoms with Crippen molar-refractivity contribution >= 4 is 15.9 Å². The van der Waals surface area contributed by atoms with E-state index >= 15 is 0 Å². The summed E-state index contributed by atoms with van der Waals surface area (Å²) in [6.07, 6.45) is 5.58. The van der Waals surface area contributed by atoms with E-state index in [1.54, 1.807) is 6.07 Å². The summed E-state index contributed by atoms with van der Waals surface area (Å²) in [5.74, 6) is 2.03. The first-order valence-corrected chi connectivity index (χ1v) is 8.46. The van der Waals surface area contributed by atoms with Crippen molar-refractivity contribution in [2.45, 2.75) is 52.0 Å². The smallest absolute Gasteiger partial charge is 0.126 e. The predicted octanol–water partition coefficient (Wildman–Crippen LogP) is 4.92. The summed E-state index contributed by atoms with van der Waals surface area (Å²) in [5.41, 5.74) is 7.07. The van der Waals surface area contributed by atoms with E-state index in [0.717, 1.165) is 21.9 Å². The zero-order valence-electron chi connectivity index (χ0n) is 12.4. The van der Waals surface area contributed by atoms with Crippen molar-refractivity contribution in [2.75, 3.05) is 0 Å². The average molecular weight is 342 g/mol. The largest absolute Gasteiger partial charge is 0.327 e. The van der Waals surface area contributed by atoms with E-state index in [0.29, 0.717) is 12.3 Å². The van der Waals surface area contributed by atoms with E-state index in [9.17, 15) is 4.39 Å². The lowest BCUT2D eigenvalue weighted by molar-refractivity contribution is 0.202. The standard InChI is InChI=1S/C17H25BrFN/c1-11(2)12-3-5-13(6-4-12)17(20)10-14-9-15(18)7-8-16(14)19/h7-9,11-13,17H,3-6,10,20H2,1-2H3. The highest BCUT2D eigenvalue weighted by molar-refractivity contribution is 9.10. The van der Waals surface area contributed by atoms with Crippen molar-refractivity contribution in [1.29, 1.82) is 0 Å². The molecule has 0 amide bonds. The quantitative estimate of drug-likeness (QED) is 0.826. The van der Waals surface area contributed by atoms with E-state index in [2.05, 4.69) is 29.8 Å². The predicted molar refractivity (Wildman–Crippen MR) is 86.1 cm³/mol. The lowest BCUT2D eigenvalue weighted by atomic mass is 9.74. The average Bonchev–Trinajstić information content (AvgIpc) is 2.43. The van der Waals surface area contributed by atoms with Crippen LogP contribution in [0.15, 0.2) is 22.7 Å². The minimum absolute atomic E-state index is 0.0758. The van der Waals surface area contributed by atoms with Crippen molar-refractivity contribution in [3.63, 3.8) is 0 Å². The molecule has 20 heavy (non-hydrogen) atoms. The van der Waals surface area contributed by atoms with Crippen LogP contribution in [-0.2, 0) is 6.42 Å². The first-order valence-electron chi connectivity index (χ1n) is 7.67. The third kappa shape index (κ3) is 4.05. The minimum Gasteiger partial charge on any atom is -0.327 e. The molecular weight excluding hydrogens is 317 g/mol. The van der Waals surface area contributed by atoms with Gasteiger partial charge < -0.3 is 5.73 Å². The molecule has 1 atom stereocenters. The third-order valence-corrected chi connectivity index (χ3v) is 5.32. The van der Waals surface area contributed by atoms with Crippen LogP contribution in [0, 0.1) is 23.6 Å². The van der Waals surface area contributed by atoms with Gasteiger partial charge in [0.1, 0.15) is 5.82 Å². The summed E-state index contributed by atoms with van der Waals surface area (Å²) >= 11 is 3.40. The number of rotatable bonds is 4. The number of halogens is 2. The zero-order chi connectivity index (χ0) is 14.7. The van der Waals surface area contributed by atoms with Crippen LogP contribution in [0.1, 0.15) is 45.1 Å². The molecule has 0 aromatic heterocycles. The maximum absolute atomic E-state index is 13.8. The van der Waals surface area contributed by atoms with Crippen LogP contribution in [0.25, 0.3) is 0 Å². The Kier molecular flexibility index (Phi) is 5.62. The van der Waals surface area contributed by atoms with Crippen LogP contribution < -0.4 is 5.73 Å². The van der Waals surface area contributed by atoms with Gasteiger partial charge in [0.15, 0.2) is 0 Å². The molecule has 112 valence electrons. The third-order valence-electron chi connectivity index (χ3n) is 4.83. The van der Waals surface area contributed by atoms with Gasteiger partial charge in [0.2, 0.25) is 0 Å². The monoisotopic (exact) mass is 341 g/mol. The number of benzene rings is 1. The molecular formula is C17H25BrFN. The highest BCUT2D eigenvalue weighted by Crippen LogP contribution is 2.35. The highest BCUT2D eigenvalue weighted by atomic mass is 79.9. The Balaban J connectivity index is 1.92. The van der Waals surface area contributed by atoms with Gasteiger partial charge in [0.05, 0.1) is 0 Å². The Morgan fingerprint density at radius 3 is 2.40 bits per heavy atom. The van der Waals surface area contributed by atoms with Crippen LogP contribution in [-0.4, -0.2) is 6.04 Å². The van der Waals surface area contributed by atoms with Crippen LogP contribution in [0.2, 0.25) is 0 Å². The summed E-state index contributed by atoms with van der Waals surface area (Å²) < 4.78 is 14.7. The lowest BCUT2D eigenvalue weighted by Crippen LogP contribution is -2.35. The minimum atomic E-state index is -0.139. The number of hydrogen-bond acceptors (Lipinski definition) is 1. The van der Waals surface area contributed by atoms with E-state index < -0.39 is 0 Å². The molecule has 0 heterocycles. The van der Waals surface area contributed by atoms with Gasteiger partial charge in [-0.2, -0.15) is 0 Å². The van der Waals surface area contributed by atoms with Gasteiger partial charge in [-0.25, -0.2) is 4.39 Å². The molecule has 1 aliphatic carbocycles. The normalized spacial score (nSPS) is 24.9. The summed E-state index contributed by atoms with van der Waals surface area (Å²) in [6.45, 7) is 4.61. The lowest BCUT2D eigenvalue weighted by Gasteiger charge is -2.34. The fourth-order valence-corrected chi connectivity index (χ4v) is 3.77. The fourth-order valence-electron chi connectivity index (χ4n) is 3.36. The van der Waals surface area contributed by atoms with Crippen LogP contribution in [0.4, 0.5) is 4.39 Å². The molecule has 1 saturated carbocycles. The molecule has 1 nitrogen and oxygen atoms in total. The van der Waals surface area contributed by atoms with Crippen molar-refractivity contribution in [3.8, 4) is 0 Å². The molecule has 0 radical (unpaired) electrons. The Labute approximate surface area is 130 Å². The van der Waals surface area contributed by atoms with E-state index in [4.69, 9.17) is 5.73 Å². The van der Waals surface area contributed by atoms with Gasteiger partial charge in [0, 0.05) is 10.5 Å². The first kappa shape index (κ1) is 16.0. The summed E-state index contributed by atoms with van der Waals surface area (Å²) in [6, 6.07) is 5.18. The maximum Gasteiger partial charge on any atom is 0.126 e. The van der Waals surface area contributed by atoms with E-state index in [-0.39, 0.29) is 11.9 Å². The molecule has 0 bridgehead atoms. The molecule has 3 heteroatoms. The molecule has 1 aliphatic rings. The molecule has 1 fully saturated rings. The summed E-state index contributed by atoms with van der Waals surface area (Å²) in [5, 5.41) is 0. The Bertz CT molecular complexity index is 439. The van der Waals surface area contributed by atoms with Crippen molar-refractivity contribution < 1.29 is 4.39 Å². The Morgan fingerprint density at radius 2 is 1.80 bits per heavy atom. The molecule has 0 saturated heterocycles. The van der Waals surface area contributed by atoms with Gasteiger partial charge in [-0.3, -0.25) is 0 Å². The second-order valence-corrected chi connectivity index (χ2v) is 7.44. The summed E-state index contributed by atoms with van der Waals surface area (Å²) in [7, 11) is 0. The topological polar surface area (TPSA) is 26.0 Å². The molecule has 2 rings (SSSR count). The van der Waals surface area contributed by atoms with E-state index in [1.807, 2.05) is 6.07 Å². The van der Waals surface area contributed by atoms with E-state index in [1.165, 1.54) is 31.7 Å². The molecule has 1 aromatic rings. The van der Waals surface area contributed by atoms with Crippen molar-refractivity contribution in [3.05, 3.63) is 34.1 Å². The number of nitrogens with two attached hydrogens (primary N) is 1. The Morgan fingerprint density at radius 1 is 1.20 bits per heavy atom. The fraction of sp³-hybridized carbons (Fsp3) is 0.647. The van der Waals surface area contributed by atoms with Crippen LogP contribution >= 0.6 is 15.9 Å². The number of hydrogen-bond donors (Lipinski definition) is 1. The van der Waals surface area contributed by atoms with Crippen LogP contribution in [0.3, 0.4) is 0 Å². The molecule has 1 aromatic carbocycles. The second-order valence-electron chi connectivity index (χ2n) is 6.52. The molecule has 1 unspecified atom stereocenters. The first-order chi connectivity index (χ1) is 9.47. The maximum atomic E-state index is 13.8. The summed E-state index contributed by atoms with van der Waals surface area (Å²) in [4.78, 5) is 0. The SMILES string of the molecule is CC(C)C1CCC(C(N)Cc2cc(Br)ccc2F)CC1. The second kappa shape index (κ2) is 7.04. The Hall–Kier alpha value is -0.410. The van der Waals surface area contributed by atoms with Crippen molar-refractivity contribution in [1.82, 2.24) is 0 Å². The highest BCUT2D eigenvalue weighted by Gasteiger charge is 2.27.